The van der Waals surface area contributed by atoms with Crippen molar-refractivity contribution in [3.63, 3.8) is 0 Å². The van der Waals surface area contributed by atoms with Crippen molar-refractivity contribution in [2.24, 2.45) is 0 Å². The van der Waals surface area contributed by atoms with Gasteiger partial charge >= 0.3 is 0 Å². The first-order valence-corrected chi connectivity index (χ1v) is 4.95. The van der Waals surface area contributed by atoms with Crippen LogP contribution in [0.15, 0.2) is 48.6 Å². The minimum Gasteiger partial charge on any atom is -0.0879 e. The molecule has 0 saturated carbocycles. The molecule has 0 aliphatic heterocycles. The third kappa shape index (κ3) is 6.15. The molecule has 0 aromatic carbocycles. The SMILES string of the molecule is [CH]1/C=C/CC/C=C\C/C=C/C=C/C1. The van der Waals surface area contributed by atoms with Crippen LogP contribution in [0.3, 0.4) is 0 Å². The minimum atomic E-state index is 1.04. The average molecular weight is 173 g/mol. The van der Waals surface area contributed by atoms with E-state index < -0.39 is 0 Å². The molecule has 69 valence electrons. The minimum absolute atomic E-state index is 1.04. The fraction of sp³-hybridized carbons (Fsp3) is 0.308. The Kier molecular flexibility index (Phi) is 5.87. The first-order valence-electron chi connectivity index (χ1n) is 4.95. The summed E-state index contributed by atoms with van der Waals surface area (Å²) >= 11 is 0. The molecule has 13 heavy (non-hydrogen) atoms. The summed E-state index contributed by atoms with van der Waals surface area (Å²) in [6, 6.07) is 0. The van der Waals surface area contributed by atoms with E-state index in [9.17, 15) is 0 Å². The predicted molar refractivity (Wildman–Crippen MR) is 59.3 cm³/mol. The molecule has 0 spiro atoms. The number of hydrogen-bond donors (Lipinski definition) is 0. The molecule has 0 unspecified atom stereocenters. The van der Waals surface area contributed by atoms with E-state index in [0.29, 0.717) is 0 Å². The van der Waals surface area contributed by atoms with Crippen LogP contribution in [0.5, 0.6) is 0 Å². The normalized spacial score (nSPS) is 28.9. The smallest absolute Gasteiger partial charge is 0.0133 e. The molecule has 0 bridgehead atoms. The van der Waals surface area contributed by atoms with E-state index in [1.165, 1.54) is 0 Å². The molecule has 1 rings (SSSR count). The maximum absolute atomic E-state index is 2.25. The molecular weight excluding hydrogens is 156 g/mol. The topological polar surface area (TPSA) is 0 Å². The molecule has 1 aliphatic rings. The van der Waals surface area contributed by atoms with Crippen molar-refractivity contribution in [3.05, 3.63) is 55.0 Å². The van der Waals surface area contributed by atoms with Crippen LogP contribution in [-0.4, -0.2) is 0 Å². The highest BCUT2D eigenvalue weighted by Gasteiger charge is 1.80. The molecular formula is C13H17. The second-order valence-corrected chi connectivity index (χ2v) is 3.04. The van der Waals surface area contributed by atoms with Crippen LogP contribution in [-0.2, 0) is 0 Å². The van der Waals surface area contributed by atoms with Crippen LogP contribution < -0.4 is 0 Å². The Morgan fingerprint density at radius 1 is 0.538 bits per heavy atom. The Bertz CT molecular complexity index is 216. The van der Waals surface area contributed by atoms with Crippen LogP contribution in [0, 0.1) is 6.42 Å². The Balaban J connectivity index is 2.38. The fourth-order valence-corrected chi connectivity index (χ4v) is 1.15. The average Bonchev–Trinajstić information content (AvgIpc) is 2.18. The Morgan fingerprint density at radius 3 is 2.23 bits per heavy atom. The van der Waals surface area contributed by atoms with E-state index in [1.54, 1.807) is 0 Å². The van der Waals surface area contributed by atoms with Gasteiger partial charge in [-0.15, -0.1) is 0 Å². The van der Waals surface area contributed by atoms with Crippen molar-refractivity contribution in [1.82, 2.24) is 0 Å². The van der Waals surface area contributed by atoms with Gasteiger partial charge in [0, 0.05) is 0 Å². The van der Waals surface area contributed by atoms with Crippen molar-refractivity contribution in [3.8, 4) is 0 Å². The molecule has 1 radical (unpaired) electrons. The van der Waals surface area contributed by atoms with E-state index in [2.05, 4.69) is 55.0 Å². The van der Waals surface area contributed by atoms with Gasteiger partial charge < -0.3 is 0 Å². The van der Waals surface area contributed by atoms with Gasteiger partial charge in [0.25, 0.3) is 0 Å². The highest BCUT2D eigenvalue weighted by Crippen LogP contribution is 1.99. The molecule has 1 aliphatic carbocycles. The fourth-order valence-electron chi connectivity index (χ4n) is 1.15. The molecule has 0 aromatic heterocycles. The van der Waals surface area contributed by atoms with E-state index in [0.717, 1.165) is 25.7 Å². The molecule has 0 heterocycles. The lowest BCUT2D eigenvalue weighted by Gasteiger charge is -1.86. The Labute approximate surface area is 81.4 Å². The lowest BCUT2D eigenvalue weighted by molar-refractivity contribution is 1.04. The molecule has 0 fully saturated rings. The van der Waals surface area contributed by atoms with Crippen molar-refractivity contribution in [2.45, 2.75) is 25.7 Å². The zero-order valence-electron chi connectivity index (χ0n) is 8.02. The third-order valence-corrected chi connectivity index (χ3v) is 1.87. The van der Waals surface area contributed by atoms with E-state index in [-0.39, 0.29) is 0 Å². The lowest BCUT2D eigenvalue weighted by atomic mass is 10.2. The molecule has 0 nitrogen and oxygen atoms in total. The van der Waals surface area contributed by atoms with Gasteiger partial charge in [-0.2, -0.15) is 0 Å². The summed E-state index contributed by atoms with van der Waals surface area (Å²) in [4.78, 5) is 0. The molecule has 0 atom stereocenters. The lowest BCUT2D eigenvalue weighted by Crippen LogP contribution is -1.67. The molecule has 0 N–H and O–H groups in total. The number of rotatable bonds is 0. The summed E-state index contributed by atoms with van der Waals surface area (Å²) in [5.41, 5.74) is 0. The van der Waals surface area contributed by atoms with Crippen LogP contribution >= 0.6 is 0 Å². The van der Waals surface area contributed by atoms with Gasteiger partial charge in [0.15, 0.2) is 0 Å². The highest BCUT2D eigenvalue weighted by atomic mass is 13.9. The van der Waals surface area contributed by atoms with E-state index >= 15 is 0 Å². The molecule has 0 aromatic rings. The number of allylic oxidation sites excluding steroid dienone is 8. The largest absolute Gasteiger partial charge is 0.0879 e. The van der Waals surface area contributed by atoms with Crippen molar-refractivity contribution in [1.29, 1.82) is 0 Å². The third-order valence-electron chi connectivity index (χ3n) is 1.87. The second-order valence-electron chi connectivity index (χ2n) is 3.04. The van der Waals surface area contributed by atoms with Gasteiger partial charge in [-0.25, -0.2) is 0 Å². The standard InChI is InChI=1S/C13H17/c1-2-4-6-8-10-12-13-11-9-7-5-3-1/h1-4,7-11H,5-6,12-13H2/b3-1+,4-2+,10-8-,11-9+. The summed E-state index contributed by atoms with van der Waals surface area (Å²) in [5.74, 6) is 0. The van der Waals surface area contributed by atoms with Gasteiger partial charge in [-0.05, 0) is 32.1 Å². The summed E-state index contributed by atoms with van der Waals surface area (Å²) in [6.45, 7) is 0. The summed E-state index contributed by atoms with van der Waals surface area (Å²) in [7, 11) is 0. The van der Waals surface area contributed by atoms with E-state index in [4.69, 9.17) is 0 Å². The van der Waals surface area contributed by atoms with Crippen LogP contribution in [0.25, 0.3) is 0 Å². The second kappa shape index (κ2) is 7.60. The van der Waals surface area contributed by atoms with Gasteiger partial charge in [0.2, 0.25) is 0 Å². The summed E-state index contributed by atoms with van der Waals surface area (Å²) in [6.07, 6.45) is 24.0. The van der Waals surface area contributed by atoms with Crippen LogP contribution in [0.1, 0.15) is 25.7 Å². The quantitative estimate of drug-likeness (QED) is 0.486. The predicted octanol–water partition coefficient (Wildman–Crippen LogP) is 3.99. The van der Waals surface area contributed by atoms with Crippen LogP contribution in [0.2, 0.25) is 0 Å². The van der Waals surface area contributed by atoms with Crippen molar-refractivity contribution in [2.75, 3.05) is 0 Å². The Morgan fingerprint density at radius 2 is 1.31 bits per heavy atom. The van der Waals surface area contributed by atoms with Gasteiger partial charge in [0.05, 0.1) is 0 Å². The molecule has 0 amide bonds. The van der Waals surface area contributed by atoms with Gasteiger partial charge in [-0.1, -0.05) is 48.6 Å². The zero-order chi connectivity index (χ0) is 9.19. The Hall–Kier alpha value is -1.04. The van der Waals surface area contributed by atoms with E-state index in [1.807, 2.05) is 0 Å². The maximum atomic E-state index is 2.25. The molecule has 0 heteroatoms. The van der Waals surface area contributed by atoms with Gasteiger partial charge in [0.1, 0.15) is 0 Å². The van der Waals surface area contributed by atoms with Crippen molar-refractivity contribution < 1.29 is 0 Å². The maximum Gasteiger partial charge on any atom is -0.0133 e. The first kappa shape index (κ1) is 10.0. The van der Waals surface area contributed by atoms with Gasteiger partial charge in [-0.3, -0.25) is 0 Å². The van der Waals surface area contributed by atoms with Crippen molar-refractivity contribution >= 4 is 0 Å². The number of hydrogen-bond acceptors (Lipinski definition) is 0. The summed E-state index contributed by atoms with van der Waals surface area (Å²) < 4.78 is 0. The zero-order valence-corrected chi connectivity index (χ0v) is 8.02. The molecule has 0 saturated heterocycles. The van der Waals surface area contributed by atoms with Crippen LogP contribution in [0.4, 0.5) is 0 Å². The highest BCUT2D eigenvalue weighted by molar-refractivity contribution is 5.08. The first-order chi connectivity index (χ1) is 6.50. The summed E-state index contributed by atoms with van der Waals surface area (Å²) in [5, 5.41) is 0. The monoisotopic (exact) mass is 173 g/mol.